The average molecular weight is 393 g/mol. The second-order valence-corrected chi connectivity index (χ2v) is 6.65. The summed E-state index contributed by atoms with van der Waals surface area (Å²) in [4.78, 5) is 8.66. The van der Waals surface area contributed by atoms with Crippen molar-refractivity contribution in [2.75, 3.05) is 12.4 Å². The summed E-state index contributed by atoms with van der Waals surface area (Å²) in [6, 6.07) is 12.1. The van der Waals surface area contributed by atoms with Gasteiger partial charge in [-0.05, 0) is 49.7 Å². The Balaban J connectivity index is 1.55. The zero-order valence-electron chi connectivity index (χ0n) is 16.3. The lowest BCUT2D eigenvalue weighted by atomic mass is 10.1. The summed E-state index contributed by atoms with van der Waals surface area (Å²) in [5, 5.41) is 7.18. The van der Waals surface area contributed by atoms with Gasteiger partial charge in [0.05, 0.1) is 30.9 Å². The summed E-state index contributed by atoms with van der Waals surface area (Å²) in [5.41, 5.74) is 3.45. The molecule has 1 N–H and O–H groups in total. The molecule has 1 atom stereocenters. The molecule has 0 bridgehead atoms. The van der Waals surface area contributed by atoms with Crippen LogP contribution in [0.1, 0.15) is 24.2 Å². The highest BCUT2D eigenvalue weighted by atomic mass is 19.1. The molecule has 4 rings (SSSR count). The Kier molecular flexibility index (Phi) is 4.99. The first-order chi connectivity index (χ1) is 14.0. The van der Waals surface area contributed by atoms with Crippen LogP contribution in [0, 0.1) is 12.7 Å². The number of anilines is 1. The number of hydrogen-bond acceptors (Lipinski definition) is 6. The predicted octanol–water partition coefficient (Wildman–Crippen LogP) is 4.55. The smallest absolute Gasteiger partial charge is 0.322 e. The van der Waals surface area contributed by atoms with E-state index in [1.807, 2.05) is 42.8 Å². The fraction of sp³-hybridized carbons (Fsp3) is 0.190. The van der Waals surface area contributed by atoms with Crippen molar-refractivity contribution in [1.82, 2.24) is 19.7 Å². The third-order valence-corrected chi connectivity index (χ3v) is 4.56. The predicted molar refractivity (Wildman–Crippen MR) is 107 cm³/mol. The van der Waals surface area contributed by atoms with Crippen LogP contribution in [0.3, 0.4) is 0 Å². The van der Waals surface area contributed by atoms with Crippen molar-refractivity contribution < 1.29 is 13.7 Å². The lowest BCUT2D eigenvalue weighted by molar-refractivity contribution is 0.412. The molecule has 0 aliphatic heterocycles. The number of nitrogens with one attached hydrogen (secondary N) is 1. The minimum Gasteiger partial charge on any atom is -0.495 e. The summed E-state index contributed by atoms with van der Waals surface area (Å²) in [6.45, 7) is 3.86. The number of nitrogens with zero attached hydrogens (tertiary/aromatic N) is 4. The monoisotopic (exact) mass is 393 g/mol. The summed E-state index contributed by atoms with van der Waals surface area (Å²) in [7, 11) is 1.61. The molecule has 148 valence electrons. The van der Waals surface area contributed by atoms with E-state index >= 15 is 0 Å². The summed E-state index contributed by atoms with van der Waals surface area (Å²) < 4.78 is 25.8. The van der Waals surface area contributed by atoms with Gasteiger partial charge in [0.25, 0.3) is 0 Å². The molecular weight excluding hydrogens is 373 g/mol. The molecule has 0 fully saturated rings. The Hall–Kier alpha value is -3.68. The van der Waals surface area contributed by atoms with Crippen LogP contribution in [-0.2, 0) is 0 Å². The Morgan fingerprint density at radius 3 is 2.66 bits per heavy atom. The van der Waals surface area contributed by atoms with Crippen molar-refractivity contribution >= 4 is 6.01 Å². The summed E-state index contributed by atoms with van der Waals surface area (Å²) >= 11 is 0. The van der Waals surface area contributed by atoms with Crippen molar-refractivity contribution in [3.05, 3.63) is 72.1 Å². The number of aryl methyl sites for hydroxylation is 1. The maximum Gasteiger partial charge on any atom is 0.322 e. The van der Waals surface area contributed by atoms with Crippen LogP contribution in [0.4, 0.5) is 10.4 Å². The van der Waals surface area contributed by atoms with E-state index in [4.69, 9.17) is 9.26 Å². The molecule has 0 aliphatic carbocycles. The van der Waals surface area contributed by atoms with Crippen LogP contribution in [0.15, 0.2) is 59.5 Å². The Morgan fingerprint density at radius 1 is 1.17 bits per heavy atom. The highest BCUT2D eigenvalue weighted by Crippen LogP contribution is 2.29. The van der Waals surface area contributed by atoms with Gasteiger partial charge in [-0.1, -0.05) is 17.3 Å². The number of rotatable bonds is 6. The van der Waals surface area contributed by atoms with Gasteiger partial charge in [-0.3, -0.25) is 0 Å². The Bertz CT molecular complexity index is 1120. The topological polar surface area (TPSA) is 78.0 Å². The second kappa shape index (κ2) is 7.75. The molecule has 4 aromatic rings. The van der Waals surface area contributed by atoms with E-state index in [1.54, 1.807) is 25.6 Å². The van der Waals surface area contributed by atoms with E-state index in [0.717, 1.165) is 22.5 Å². The highest BCUT2D eigenvalue weighted by molar-refractivity contribution is 5.63. The first kappa shape index (κ1) is 18.7. The van der Waals surface area contributed by atoms with E-state index in [-0.39, 0.29) is 17.9 Å². The molecule has 0 unspecified atom stereocenters. The summed E-state index contributed by atoms with van der Waals surface area (Å²) in [5.74, 6) is 0.827. The van der Waals surface area contributed by atoms with Gasteiger partial charge in [-0.2, -0.15) is 4.98 Å². The quantitative estimate of drug-likeness (QED) is 0.518. The Labute approximate surface area is 167 Å². The van der Waals surface area contributed by atoms with E-state index < -0.39 is 0 Å². The molecular formula is C21H20FN5O2. The van der Waals surface area contributed by atoms with Crippen molar-refractivity contribution in [3.8, 4) is 22.8 Å². The molecule has 0 spiro atoms. The third-order valence-electron chi connectivity index (χ3n) is 4.56. The molecule has 2 heterocycles. The maximum absolute atomic E-state index is 13.1. The number of ether oxygens (including phenoxy) is 1. The first-order valence-electron chi connectivity index (χ1n) is 9.08. The number of hydrogen-bond donors (Lipinski definition) is 1. The van der Waals surface area contributed by atoms with Crippen molar-refractivity contribution in [2.24, 2.45) is 0 Å². The first-order valence-corrected chi connectivity index (χ1v) is 9.08. The number of methoxy groups -OCH3 is 1. The largest absolute Gasteiger partial charge is 0.495 e. The van der Waals surface area contributed by atoms with Crippen molar-refractivity contribution in [3.63, 3.8) is 0 Å². The number of benzene rings is 2. The van der Waals surface area contributed by atoms with Crippen LogP contribution in [0.5, 0.6) is 5.75 Å². The minimum atomic E-state index is -0.274. The van der Waals surface area contributed by atoms with Crippen molar-refractivity contribution in [2.45, 2.75) is 19.9 Å². The van der Waals surface area contributed by atoms with E-state index in [9.17, 15) is 4.39 Å². The lowest BCUT2D eigenvalue weighted by Gasteiger charge is -2.11. The van der Waals surface area contributed by atoms with Crippen molar-refractivity contribution in [1.29, 1.82) is 0 Å². The van der Waals surface area contributed by atoms with Gasteiger partial charge >= 0.3 is 6.01 Å². The standard InChI is InChI=1S/C21H20FN5O2/c1-13-11-27(12-23-13)18-9-6-16(10-19(18)28-3)20-25-21(29-26-20)24-14(2)15-4-7-17(22)8-5-15/h4-12,14H,1-3H3,(H,24,25,26)/t14-/m0/s1. The fourth-order valence-corrected chi connectivity index (χ4v) is 3.00. The van der Waals surface area contributed by atoms with Crippen LogP contribution < -0.4 is 10.1 Å². The molecule has 0 saturated heterocycles. The molecule has 7 nitrogen and oxygen atoms in total. The van der Waals surface area contributed by atoms with Gasteiger partial charge in [-0.15, -0.1) is 0 Å². The Morgan fingerprint density at radius 2 is 1.97 bits per heavy atom. The molecule has 2 aromatic heterocycles. The van der Waals surface area contributed by atoms with Gasteiger partial charge < -0.3 is 19.1 Å². The zero-order valence-corrected chi connectivity index (χ0v) is 16.3. The maximum atomic E-state index is 13.1. The normalized spacial score (nSPS) is 12.0. The van der Waals surface area contributed by atoms with Gasteiger partial charge in [0.15, 0.2) is 0 Å². The fourth-order valence-electron chi connectivity index (χ4n) is 3.00. The molecule has 8 heteroatoms. The van der Waals surface area contributed by atoms with Gasteiger partial charge in [-0.25, -0.2) is 9.37 Å². The molecule has 29 heavy (non-hydrogen) atoms. The molecule has 0 aliphatic rings. The third kappa shape index (κ3) is 3.96. The molecule has 0 radical (unpaired) electrons. The van der Waals surface area contributed by atoms with Gasteiger partial charge in [0, 0.05) is 11.8 Å². The SMILES string of the molecule is COc1cc(-c2noc(N[C@@H](C)c3ccc(F)cc3)n2)ccc1-n1cnc(C)c1. The lowest BCUT2D eigenvalue weighted by Crippen LogP contribution is -2.06. The molecule has 0 saturated carbocycles. The van der Waals surface area contributed by atoms with Crippen LogP contribution in [0.2, 0.25) is 0 Å². The molecule has 2 aromatic carbocycles. The van der Waals surface area contributed by atoms with Crippen LogP contribution >= 0.6 is 0 Å². The van der Waals surface area contributed by atoms with Crippen LogP contribution in [-0.4, -0.2) is 26.8 Å². The van der Waals surface area contributed by atoms with Gasteiger partial charge in [0.1, 0.15) is 11.6 Å². The van der Waals surface area contributed by atoms with E-state index in [1.165, 1.54) is 12.1 Å². The van der Waals surface area contributed by atoms with E-state index in [0.29, 0.717) is 11.6 Å². The molecule has 0 amide bonds. The average Bonchev–Trinajstić information content (AvgIpc) is 3.37. The van der Waals surface area contributed by atoms with E-state index in [2.05, 4.69) is 20.4 Å². The second-order valence-electron chi connectivity index (χ2n) is 6.65. The van der Waals surface area contributed by atoms with Crippen LogP contribution in [0.25, 0.3) is 17.1 Å². The number of aromatic nitrogens is 4. The van der Waals surface area contributed by atoms with Gasteiger partial charge in [0.2, 0.25) is 5.82 Å². The summed E-state index contributed by atoms with van der Waals surface area (Å²) in [6.07, 6.45) is 3.66. The number of halogens is 1. The number of imidazole rings is 1. The zero-order chi connectivity index (χ0) is 20.4. The minimum absolute atomic E-state index is 0.120. The highest BCUT2D eigenvalue weighted by Gasteiger charge is 2.15.